The Morgan fingerprint density at radius 1 is 0.784 bits per heavy atom. The molecule has 0 aromatic heterocycles. The Balaban J connectivity index is 2.14. The number of amides is 11. The molecule has 16 N–H and O–H groups in total. The zero-order valence-electron chi connectivity index (χ0n) is 42.0. The van der Waals surface area contributed by atoms with E-state index in [1.54, 1.807) is 34.6 Å². The van der Waals surface area contributed by atoms with Crippen LogP contribution in [0.15, 0.2) is 24.3 Å². The van der Waals surface area contributed by atoms with Crippen molar-refractivity contribution in [3.05, 3.63) is 29.8 Å². The molecule has 1 aromatic rings. The van der Waals surface area contributed by atoms with Crippen LogP contribution in [0.2, 0.25) is 0 Å². The van der Waals surface area contributed by atoms with Crippen LogP contribution in [0.1, 0.15) is 78.7 Å². The molecule has 11 amide bonds. The van der Waals surface area contributed by atoms with E-state index in [9.17, 15) is 62.6 Å². The number of nitrogens with two attached hydrogens (primary N) is 4. The fraction of sp³-hybridized carbons (Fsp3) is 0.609. The summed E-state index contributed by atoms with van der Waals surface area (Å²) in [6, 6.07) is -6.02. The molecule has 1 aromatic carbocycles. The van der Waals surface area contributed by atoms with Gasteiger partial charge in [-0.2, -0.15) is 0 Å². The van der Waals surface area contributed by atoms with Crippen LogP contribution in [-0.2, 0) is 68.7 Å². The predicted octanol–water partition coefficient (Wildman–Crippen LogP) is -3.82. The molecular weight excluding hydrogens is 1010 g/mol. The second-order valence-electron chi connectivity index (χ2n) is 18.4. The van der Waals surface area contributed by atoms with Gasteiger partial charge >= 0.3 is 5.97 Å². The number of phenolic OH excluding ortho intramolecular Hbond substituents is 1. The Bertz CT molecular complexity index is 2220. The molecule has 10 atom stereocenters. The SMILES string of the molecule is CCOC(=O)[C@H]1C[C@@H](C(=O)N[C@@H](CC(C)C)C(=O)NCC(N)=O)N(C(=O)[C@H]2CSSC[C@H](N)C(=O)N[C@@H](Cc3ccc(O)cc3)C(=O)N[C@@H]([C@@H](C)CC)C(=O)N[C@@H](CCC(N)=O)C(=O)N[C@@H](CC(N)=O)C(=O)N2)C1. The van der Waals surface area contributed by atoms with E-state index in [4.69, 9.17) is 27.7 Å². The molecule has 2 saturated heterocycles. The normalized spacial score (nSPS) is 24.4. The van der Waals surface area contributed by atoms with Crippen LogP contribution < -0.4 is 60.2 Å². The van der Waals surface area contributed by atoms with Crippen molar-refractivity contribution in [1.82, 2.24) is 42.1 Å². The van der Waals surface area contributed by atoms with Gasteiger partial charge in [-0.3, -0.25) is 57.5 Å². The molecule has 0 spiro atoms. The summed E-state index contributed by atoms with van der Waals surface area (Å²) in [6.07, 6.45) is -1.79. The molecule has 2 aliphatic rings. The molecule has 410 valence electrons. The number of esters is 1. The first-order valence-electron chi connectivity index (χ1n) is 24.0. The highest BCUT2D eigenvalue weighted by atomic mass is 33.1. The van der Waals surface area contributed by atoms with Gasteiger partial charge in [-0.1, -0.05) is 67.8 Å². The van der Waals surface area contributed by atoms with Gasteiger partial charge in [0, 0.05) is 30.9 Å². The van der Waals surface area contributed by atoms with Gasteiger partial charge in [0.1, 0.15) is 48.0 Å². The lowest BCUT2D eigenvalue weighted by Gasteiger charge is -2.31. The summed E-state index contributed by atoms with van der Waals surface area (Å²) in [5, 5.41) is 27.5. The number of primary amides is 3. The third kappa shape index (κ3) is 19.6. The summed E-state index contributed by atoms with van der Waals surface area (Å²) in [6.45, 7) is 7.46. The van der Waals surface area contributed by atoms with E-state index in [0.29, 0.717) is 12.0 Å². The average Bonchev–Trinajstić information content (AvgIpc) is 3.79. The zero-order valence-corrected chi connectivity index (χ0v) is 43.6. The molecule has 28 heteroatoms. The molecular formula is C46H70N12O14S2. The molecule has 0 bridgehead atoms. The van der Waals surface area contributed by atoms with E-state index >= 15 is 0 Å². The largest absolute Gasteiger partial charge is 0.508 e. The van der Waals surface area contributed by atoms with Crippen molar-refractivity contribution >= 4 is 92.5 Å². The number of ether oxygens (including phenoxy) is 1. The van der Waals surface area contributed by atoms with Crippen LogP contribution in [0, 0.1) is 17.8 Å². The van der Waals surface area contributed by atoms with Crippen LogP contribution in [0.3, 0.4) is 0 Å². The first-order chi connectivity index (χ1) is 34.8. The van der Waals surface area contributed by atoms with Crippen LogP contribution in [0.5, 0.6) is 5.75 Å². The number of phenols is 1. The number of carbonyl (C=O) groups is 12. The highest BCUT2D eigenvalue weighted by molar-refractivity contribution is 8.76. The Hall–Kier alpha value is -6.68. The zero-order chi connectivity index (χ0) is 55.4. The molecule has 0 radical (unpaired) electrons. The molecule has 2 heterocycles. The molecule has 74 heavy (non-hydrogen) atoms. The predicted molar refractivity (Wildman–Crippen MR) is 270 cm³/mol. The average molecular weight is 1080 g/mol. The Morgan fingerprint density at radius 3 is 1.99 bits per heavy atom. The summed E-state index contributed by atoms with van der Waals surface area (Å²) in [5.41, 5.74) is 23.0. The van der Waals surface area contributed by atoms with E-state index in [0.717, 1.165) is 26.5 Å². The Labute approximate surface area is 435 Å². The summed E-state index contributed by atoms with van der Waals surface area (Å²) >= 11 is 0. The van der Waals surface area contributed by atoms with Gasteiger partial charge in [0.2, 0.25) is 65.0 Å². The maximum Gasteiger partial charge on any atom is 0.310 e. The summed E-state index contributed by atoms with van der Waals surface area (Å²) in [5.74, 6) is -13.4. The molecule has 2 fully saturated rings. The number of benzene rings is 1. The highest BCUT2D eigenvalue weighted by Gasteiger charge is 2.46. The molecule has 0 aliphatic carbocycles. The lowest BCUT2D eigenvalue weighted by Crippen LogP contribution is -2.61. The fourth-order valence-corrected chi connectivity index (χ4v) is 10.1. The van der Waals surface area contributed by atoms with Gasteiger partial charge in [0.25, 0.3) is 0 Å². The van der Waals surface area contributed by atoms with Gasteiger partial charge < -0.3 is 74.9 Å². The summed E-state index contributed by atoms with van der Waals surface area (Å²) in [4.78, 5) is 163. The van der Waals surface area contributed by atoms with Crippen LogP contribution in [-0.4, -0.2) is 160 Å². The first-order valence-corrected chi connectivity index (χ1v) is 26.5. The van der Waals surface area contributed by atoms with Crippen LogP contribution in [0.4, 0.5) is 0 Å². The molecule has 3 rings (SSSR count). The standard InChI is InChI=1S/C46H70N12O14S2/c1-6-23(5)37-44(69)52-28(12-13-34(48)60)40(65)54-31(17-35(49)61)41(66)56-32(21-74-73-20-27(47)38(63)53-30(42(67)57-37)15-24-8-10-26(59)11-9-24)45(70)58-19-25(46(71)72-7-2)16-33(58)43(68)55-29(14-22(3)4)39(64)51-18-36(50)62/h8-11,22-23,25,27-33,37,59H,6-7,12-21,47H2,1-5H3,(H2,48,60)(H2,49,61)(H2,50,62)(H,51,64)(H,52,69)(H,53,63)(H,54,65)(H,55,68)(H,56,66)(H,57,67)/t23-,25-,27-,28-,29-,30-,31-,32+,33-,37-/m0/s1. The van der Waals surface area contributed by atoms with Crippen molar-refractivity contribution in [3.8, 4) is 5.75 Å². The smallest absolute Gasteiger partial charge is 0.310 e. The highest BCUT2D eigenvalue weighted by Crippen LogP contribution is 2.29. The topological polar surface area (TPSA) is 426 Å². The van der Waals surface area contributed by atoms with E-state index in [1.807, 2.05) is 0 Å². The number of nitrogens with zero attached hydrogens (tertiary/aromatic N) is 1. The van der Waals surface area contributed by atoms with Gasteiger partial charge in [-0.05, 0) is 55.7 Å². The molecule has 26 nitrogen and oxygen atoms in total. The lowest BCUT2D eigenvalue weighted by molar-refractivity contribution is -0.148. The minimum absolute atomic E-state index is 0.0475. The number of hydrogen-bond acceptors (Lipinski definition) is 17. The maximum absolute atomic E-state index is 14.9. The van der Waals surface area contributed by atoms with Crippen molar-refractivity contribution < 1.29 is 67.4 Å². The molecule has 2 aliphatic heterocycles. The van der Waals surface area contributed by atoms with Gasteiger partial charge in [-0.15, -0.1) is 0 Å². The second-order valence-corrected chi connectivity index (χ2v) is 21.0. The van der Waals surface area contributed by atoms with E-state index < -0.39 is 163 Å². The van der Waals surface area contributed by atoms with E-state index in [2.05, 4.69) is 37.2 Å². The van der Waals surface area contributed by atoms with Gasteiger partial charge in [-0.25, -0.2) is 0 Å². The number of hydrogen-bond donors (Lipinski definition) is 12. The van der Waals surface area contributed by atoms with E-state index in [1.165, 1.54) is 24.3 Å². The number of carbonyl (C=O) groups excluding carboxylic acids is 12. The van der Waals surface area contributed by atoms with Crippen molar-refractivity contribution in [1.29, 1.82) is 0 Å². The van der Waals surface area contributed by atoms with E-state index in [-0.39, 0.29) is 49.0 Å². The monoisotopic (exact) mass is 1080 g/mol. The van der Waals surface area contributed by atoms with Crippen molar-refractivity contribution in [2.24, 2.45) is 40.7 Å². The van der Waals surface area contributed by atoms with Crippen molar-refractivity contribution in [3.63, 3.8) is 0 Å². The summed E-state index contributed by atoms with van der Waals surface area (Å²) < 4.78 is 5.23. The Morgan fingerprint density at radius 2 is 1.39 bits per heavy atom. The van der Waals surface area contributed by atoms with Crippen LogP contribution in [0.25, 0.3) is 0 Å². The van der Waals surface area contributed by atoms with Crippen LogP contribution >= 0.6 is 21.6 Å². The van der Waals surface area contributed by atoms with Crippen molar-refractivity contribution in [2.45, 2.75) is 128 Å². The number of likely N-dealkylation sites (tertiary alicyclic amines) is 1. The molecule has 0 saturated carbocycles. The third-order valence-corrected chi connectivity index (χ3v) is 14.4. The van der Waals surface area contributed by atoms with Gasteiger partial charge in [0.15, 0.2) is 0 Å². The lowest BCUT2D eigenvalue weighted by atomic mass is 9.96. The summed E-state index contributed by atoms with van der Waals surface area (Å²) in [7, 11) is 1.91. The maximum atomic E-state index is 14.9. The second kappa shape index (κ2) is 29.9. The minimum atomic E-state index is -1.84. The third-order valence-electron chi connectivity index (χ3n) is 12.0. The van der Waals surface area contributed by atoms with Crippen molar-refractivity contribution in [2.75, 3.05) is 31.2 Å². The quantitative estimate of drug-likeness (QED) is 0.0467. The first kappa shape index (κ1) is 61.6. The number of nitrogens with one attached hydrogen (secondary N) is 7. The number of rotatable bonds is 19. The Kier molecular flexibility index (Phi) is 24.9. The molecule has 0 unspecified atom stereocenters. The number of aromatic hydroxyl groups is 1. The fourth-order valence-electron chi connectivity index (χ4n) is 7.80. The van der Waals surface area contributed by atoms with Gasteiger partial charge in [0.05, 0.1) is 31.5 Å². The minimum Gasteiger partial charge on any atom is -0.508 e.